The van der Waals surface area contributed by atoms with Crippen LogP contribution < -0.4 is 0 Å². The quantitative estimate of drug-likeness (QED) is 0.315. The highest BCUT2D eigenvalue weighted by atomic mass is 127. The summed E-state index contributed by atoms with van der Waals surface area (Å²) in [5.41, 5.74) is 9.02. The number of hydrogen-bond acceptors (Lipinski definition) is 2. The van der Waals surface area contributed by atoms with E-state index in [1.54, 1.807) is 22.9 Å². The molecule has 60 valence electrons. The minimum Gasteiger partial charge on any atom is -0.289 e. The largest absolute Gasteiger partial charge is 0.289 e. The van der Waals surface area contributed by atoms with Crippen LogP contribution >= 0.6 is 22.9 Å². The van der Waals surface area contributed by atoms with Crippen LogP contribution in [0.3, 0.4) is 0 Å². The molecule has 0 heterocycles. The summed E-state index contributed by atoms with van der Waals surface area (Å²) >= 11 is 1.56. The van der Waals surface area contributed by atoms with E-state index >= 15 is 0 Å². The molecule has 5 heteroatoms. The van der Waals surface area contributed by atoms with Crippen molar-refractivity contribution in [3.8, 4) is 0 Å². The average Bonchev–Trinajstić information content (AvgIpc) is 2.18. The number of rotatable bonds is 0. The minimum atomic E-state index is 0.201. The van der Waals surface area contributed by atoms with Crippen LogP contribution in [-0.4, -0.2) is 5.78 Å². The van der Waals surface area contributed by atoms with Gasteiger partial charge in [0.2, 0.25) is 0 Å². The molecule has 12 heavy (non-hydrogen) atoms. The third kappa shape index (κ3) is 1.75. The first kappa shape index (κ1) is 9.02. The number of hydrogen-bond donors (Lipinski definition) is 0. The van der Waals surface area contributed by atoms with E-state index in [0.29, 0.717) is 0 Å². The topological polar surface area (TPSA) is 65.8 Å². The van der Waals surface area contributed by atoms with Crippen LogP contribution in [0.4, 0.5) is 0 Å². The number of ketones is 1. The third-order valence-corrected chi connectivity index (χ3v) is 1.61. The van der Waals surface area contributed by atoms with Gasteiger partial charge in [-0.25, -0.2) is 0 Å². The molecule has 2 bridgehead atoms. The second kappa shape index (κ2) is 4.08. The van der Waals surface area contributed by atoms with E-state index in [1.165, 1.54) is 0 Å². The van der Waals surface area contributed by atoms with Crippen LogP contribution in [0.15, 0.2) is 27.6 Å². The fourth-order valence-electron chi connectivity index (χ4n) is 0.891. The van der Waals surface area contributed by atoms with Gasteiger partial charge in [0.15, 0.2) is 5.78 Å². The summed E-state index contributed by atoms with van der Waals surface area (Å²) in [7, 11) is 0. The molecule has 0 unspecified atom stereocenters. The van der Waals surface area contributed by atoms with Gasteiger partial charge in [-0.2, -0.15) is 0 Å². The molecule has 0 saturated heterocycles. The maximum absolute atomic E-state index is 10.7. The Hall–Kier alpha value is -1.07. The molecule has 0 saturated carbocycles. The molecular weight excluding hydrogens is 269 g/mol. The van der Waals surface area contributed by atoms with Crippen molar-refractivity contribution in [1.82, 2.24) is 0 Å². The lowest BCUT2D eigenvalue weighted by Gasteiger charge is -2.10. The number of fused-ring (bicyclic) bond motifs is 2. The molecule has 0 aliphatic heterocycles. The molecule has 0 atom stereocenters. The Balaban J connectivity index is 0.000000157. The Morgan fingerprint density at radius 2 is 1.92 bits per heavy atom. The van der Waals surface area contributed by atoms with Crippen LogP contribution in [0.25, 0.3) is 10.4 Å². The molecule has 0 radical (unpaired) electrons. The summed E-state index contributed by atoms with van der Waals surface area (Å²) in [6, 6.07) is 7.44. The van der Waals surface area contributed by atoms with Gasteiger partial charge >= 0.3 is 0 Å². The predicted octanol–water partition coefficient (Wildman–Crippen LogP) is 2.88. The van der Waals surface area contributed by atoms with Gasteiger partial charge in [0.05, 0.1) is 0 Å². The lowest BCUT2D eigenvalue weighted by Crippen LogP contribution is -2.10. The summed E-state index contributed by atoms with van der Waals surface area (Å²) < 4.78 is 2.89. The lowest BCUT2D eigenvalue weighted by atomic mass is 9.92. The lowest BCUT2D eigenvalue weighted by molar-refractivity contribution is 0.102. The SMILES string of the molecule is O=C1c2cccc1c2.[N-]=[N+]=NI. The number of nitrogens with zero attached hydrogens (tertiary/aromatic N) is 3. The zero-order chi connectivity index (χ0) is 8.97. The van der Waals surface area contributed by atoms with E-state index in [2.05, 4.69) is 8.24 Å². The Labute approximate surface area is 82.7 Å². The van der Waals surface area contributed by atoms with E-state index in [1.807, 2.05) is 24.3 Å². The van der Waals surface area contributed by atoms with Crippen molar-refractivity contribution in [3.63, 3.8) is 0 Å². The molecule has 2 aliphatic carbocycles. The molecule has 0 aromatic heterocycles. The molecule has 0 fully saturated rings. The maximum atomic E-state index is 10.7. The van der Waals surface area contributed by atoms with Crippen molar-refractivity contribution < 1.29 is 4.79 Å². The number of carbonyl (C=O) groups is 1. The summed E-state index contributed by atoms with van der Waals surface area (Å²) in [6.07, 6.45) is 0. The van der Waals surface area contributed by atoms with E-state index in [4.69, 9.17) is 5.53 Å². The third-order valence-electron chi connectivity index (χ3n) is 1.42. The van der Waals surface area contributed by atoms with Crippen LogP contribution in [0.5, 0.6) is 0 Å². The van der Waals surface area contributed by atoms with Crippen molar-refractivity contribution in [1.29, 1.82) is 0 Å². The van der Waals surface area contributed by atoms with Gasteiger partial charge < -0.3 is 0 Å². The molecule has 0 amide bonds. The van der Waals surface area contributed by atoms with Gasteiger partial charge in [0.25, 0.3) is 0 Å². The molecule has 0 N–H and O–H groups in total. The Kier molecular flexibility index (Phi) is 3.07. The summed E-state index contributed by atoms with van der Waals surface area (Å²) in [5.74, 6) is 0.201. The molecule has 1 aromatic carbocycles. The fraction of sp³-hybridized carbons (Fsp3) is 0. The highest BCUT2D eigenvalue weighted by molar-refractivity contribution is 14.1. The van der Waals surface area contributed by atoms with E-state index < -0.39 is 0 Å². The zero-order valence-corrected chi connectivity index (χ0v) is 8.09. The molecule has 3 rings (SSSR count). The Bertz CT molecular complexity index is 329. The van der Waals surface area contributed by atoms with E-state index in [9.17, 15) is 4.79 Å². The summed E-state index contributed by atoms with van der Waals surface area (Å²) in [5, 5.41) is 0. The molecule has 2 aliphatic rings. The standard InChI is InChI=1S/C7H4O.IN3/c8-7-5-2-1-3-6(7)4-5;1-3-4-2/h1-4H;. The van der Waals surface area contributed by atoms with Crippen molar-refractivity contribution >= 4 is 28.6 Å². The smallest absolute Gasteiger partial charge is 0.193 e. The van der Waals surface area contributed by atoms with Crippen LogP contribution in [-0.2, 0) is 0 Å². The van der Waals surface area contributed by atoms with Crippen LogP contribution in [0.1, 0.15) is 15.9 Å². The van der Waals surface area contributed by atoms with Gasteiger partial charge in [-0.1, -0.05) is 18.2 Å². The van der Waals surface area contributed by atoms with Crippen molar-refractivity contribution in [2.24, 2.45) is 3.33 Å². The first-order valence-corrected chi connectivity index (χ1v) is 4.06. The number of carbonyl (C=O) groups excluding carboxylic acids is 1. The monoisotopic (exact) mass is 273 g/mol. The van der Waals surface area contributed by atoms with Gasteiger partial charge in [-0.05, 0) is 14.9 Å². The molecule has 1 aromatic rings. The van der Waals surface area contributed by atoms with Gasteiger partial charge in [-0.3, -0.25) is 4.79 Å². The first-order valence-electron chi connectivity index (χ1n) is 3.09. The molecule has 4 nitrogen and oxygen atoms in total. The number of benzene rings is 1. The second-order valence-electron chi connectivity index (χ2n) is 2.07. The molecular formula is C7H4IN3O. The zero-order valence-electron chi connectivity index (χ0n) is 5.94. The number of halogens is 1. The average molecular weight is 273 g/mol. The fourth-order valence-corrected chi connectivity index (χ4v) is 0.891. The number of azide groups is 1. The van der Waals surface area contributed by atoms with Gasteiger partial charge in [0.1, 0.15) is 0 Å². The van der Waals surface area contributed by atoms with Crippen molar-refractivity contribution in [2.75, 3.05) is 0 Å². The highest BCUT2D eigenvalue weighted by Crippen LogP contribution is 2.19. The predicted molar refractivity (Wildman–Crippen MR) is 53.0 cm³/mol. The normalized spacial score (nSPS) is 10.2. The summed E-state index contributed by atoms with van der Waals surface area (Å²) in [4.78, 5) is 13.0. The van der Waals surface area contributed by atoms with Gasteiger partial charge in [-0.15, -0.1) is 0 Å². The van der Waals surface area contributed by atoms with E-state index in [-0.39, 0.29) is 5.78 Å². The molecule has 0 spiro atoms. The first-order chi connectivity index (χ1) is 5.79. The van der Waals surface area contributed by atoms with E-state index in [0.717, 1.165) is 11.1 Å². The van der Waals surface area contributed by atoms with Crippen molar-refractivity contribution in [2.45, 2.75) is 0 Å². The van der Waals surface area contributed by atoms with Crippen molar-refractivity contribution in [3.05, 3.63) is 45.8 Å². The minimum absolute atomic E-state index is 0.201. The highest BCUT2D eigenvalue weighted by Gasteiger charge is 2.17. The second-order valence-corrected chi connectivity index (χ2v) is 2.51. The Morgan fingerprint density at radius 3 is 2.08 bits per heavy atom. The van der Waals surface area contributed by atoms with Crippen LogP contribution in [0, 0.1) is 0 Å². The maximum Gasteiger partial charge on any atom is 0.193 e. The van der Waals surface area contributed by atoms with Gasteiger partial charge in [0, 0.05) is 38.9 Å². The Morgan fingerprint density at radius 1 is 1.42 bits per heavy atom. The summed E-state index contributed by atoms with van der Waals surface area (Å²) in [6.45, 7) is 0. The van der Waals surface area contributed by atoms with Crippen LogP contribution in [0.2, 0.25) is 0 Å².